The quantitative estimate of drug-likeness (QED) is 0.880. The number of anilines is 1. The van der Waals surface area contributed by atoms with Gasteiger partial charge in [-0.25, -0.2) is 4.79 Å². The van der Waals surface area contributed by atoms with Crippen LogP contribution in [0.25, 0.3) is 0 Å². The number of hydrogen-bond acceptors (Lipinski definition) is 4. The number of hydrogen-bond donors (Lipinski definition) is 2. The fraction of sp³-hybridized carbons (Fsp3) is 0.571. The maximum absolute atomic E-state index is 11.8. The molecule has 0 fully saturated rings. The number of amides is 2. The minimum atomic E-state index is -0.576. The van der Waals surface area contributed by atoms with Gasteiger partial charge in [0.2, 0.25) is 0 Å². The monoisotopic (exact) mass is 296 g/mol. The van der Waals surface area contributed by atoms with Crippen molar-refractivity contribution >= 4 is 28.3 Å². The second kappa shape index (κ2) is 5.44. The molecule has 0 atom stereocenters. The molecule has 0 saturated carbocycles. The smallest absolute Gasteiger partial charge is 0.412 e. The Labute approximate surface area is 122 Å². The van der Waals surface area contributed by atoms with Gasteiger partial charge in [0.05, 0.1) is 5.56 Å². The number of thiophene rings is 1. The number of aryl methyl sites for hydroxylation is 1. The number of primary amides is 1. The van der Waals surface area contributed by atoms with Crippen LogP contribution in [0.4, 0.5) is 9.80 Å². The van der Waals surface area contributed by atoms with E-state index < -0.39 is 17.6 Å². The molecule has 0 radical (unpaired) electrons. The van der Waals surface area contributed by atoms with Gasteiger partial charge in [-0.3, -0.25) is 10.1 Å². The summed E-state index contributed by atoms with van der Waals surface area (Å²) in [4.78, 5) is 24.6. The highest BCUT2D eigenvalue weighted by Crippen LogP contribution is 2.38. The van der Waals surface area contributed by atoms with Gasteiger partial charge in [0.15, 0.2) is 0 Å². The molecule has 1 heterocycles. The summed E-state index contributed by atoms with van der Waals surface area (Å²) in [5, 5.41) is 3.17. The van der Waals surface area contributed by atoms with Gasteiger partial charge in [-0.2, -0.15) is 0 Å². The van der Waals surface area contributed by atoms with Crippen molar-refractivity contribution in [3.05, 3.63) is 16.0 Å². The van der Waals surface area contributed by atoms with Gasteiger partial charge in [-0.05, 0) is 52.0 Å². The van der Waals surface area contributed by atoms with E-state index in [4.69, 9.17) is 10.5 Å². The molecule has 110 valence electrons. The van der Waals surface area contributed by atoms with Crippen LogP contribution in [0, 0.1) is 0 Å². The lowest BCUT2D eigenvalue weighted by atomic mass is 9.95. The molecule has 1 aromatic rings. The molecule has 2 rings (SSSR count). The maximum atomic E-state index is 11.8. The summed E-state index contributed by atoms with van der Waals surface area (Å²) in [6.45, 7) is 5.38. The van der Waals surface area contributed by atoms with Crippen LogP contribution in [-0.2, 0) is 17.6 Å². The highest BCUT2D eigenvalue weighted by Gasteiger charge is 2.26. The zero-order valence-electron chi connectivity index (χ0n) is 12.0. The summed E-state index contributed by atoms with van der Waals surface area (Å²) in [6.07, 6.45) is 3.39. The Bertz CT molecular complexity index is 543. The third kappa shape index (κ3) is 3.30. The van der Waals surface area contributed by atoms with Crippen molar-refractivity contribution in [2.24, 2.45) is 5.73 Å². The molecule has 0 aliphatic heterocycles. The third-order valence-electron chi connectivity index (χ3n) is 3.03. The molecule has 0 saturated heterocycles. The van der Waals surface area contributed by atoms with Crippen LogP contribution < -0.4 is 11.1 Å². The molecule has 1 aromatic heterocycles. The normalized spacial score (nSPS) is 14.6. The van der Waals surface area contributed by atoms with E-state index in [1.54, 1.807) is 20.8 Å². The van der Waals surface area contributed by atoms with E-state index in [0.717, 1.165) is 36.1 Å². The second-order valence-corrected chi connectivity index (χ2v) is 7.01. The zero-order valence-corrected chi connectivity index (χ0v) is 12.9. The Hall–Kier alpha value is -1.56. The van der Waals surface area contributed by atoms with Crippen LogP contribution in [0.15, 0.2) is 0 Å². The highest BCUT2D eigenvalue weighted by molar-refractivity contribution is 7.17. The van der Waals surface area contributed by atoms with E-state index in [0.29, 0.717) is 10.6 Å². The molecule has 20 heavy (non-hydrogen) atoms. The molecular formula is C14H20N2O3S. The van der Waals surface area contributed by atoms with Gasteiger partial charge in [0.1, 0.15) is 10.6 Å². The van der Waals surface area contributed by atoms with Gasteiger partial charge in [-0.1, -0.05) is 0 Å². The first-order chi connectivity index (χ1) is 9.28. The molecular weight excluding hydrogens is 276 g/mol. The second-order valence-electron chi connectivity index (χ2n) is 5.91. The topological polar surface area (TPSA) is 81.4 Å². The Morgan fingerprint density at radius 3 is 2.50 bits per heavy atom. The van der Waals surface area contributed by atoms with Crippen molar-refractivity contribution in [1.29, 1.82) is 0 Å². The van der Waals surface area contributed by atoms with Crippen molar-refractivity contribution in [2.75, 3.05) is 5.32 Å². The first-order valence-corrected chi connectivity index (χ1v) is 7.54. The minimum absolute atomic E-state index is 0.454. The van der Waals surface area contributed by atoms with Crippen molar-refractivity contribution in [3.8, 4) is 0 Å². The lowest BCUT2D eigenvalue weighted by molar-refractivity contribution is 0.0636. The molecule has 1 aliphatic rings. The van der Waals surface area contributed by atoms with Gasteiger partial charge in [0, 0.05) is 4.88 Å². The van der Waals surface area contributed by atoms with E-state index >= 15 is 0 Å². The van der Waals surface area contributed by atoms with Crippen LogP contribution in [0.3, 0.4) is 0 Å². The predicted octanol–water partition coefficient (Wildman–Crippen LogP) is 3.07. The average molecular weight is 296 g/mol. The number of carbonyl (C=O) groups excluding carboxylic acids is 2. The fourth-order valence-electron chi connectivity index (χ4n) is 2.31. The van der Waals surface area contributed by atoms with Crippen molar-refractivity contribution in [3.63, 3.8) is 0 Å². The van der Waals surface area contributed by atoms with Gasteiger partial charge < -0.3 is 10.5 Å². The summed E-state index contributed by atoms with van der Waals surface area (Å²) in [5.41, 5.74) is 6.34. The van der Waals surface area contributed by atoms with Crippen molar-refractivity contribution in [2.45, 2.75) is 52.1 Å². The van der Waals surface area contributed by atoms with Gasteiger partial charge in [-0.15, -0.1) is 11.3 Å². The van der Waals surface area contributed by atoms with Crippen LogP contribution >= 0.6 is 11.3 Å². The molecule has 0 aromatic carbocycles. The largest absolute Gasteiger partial charge is 0.444 e. The summed E-state index contributed by atoms with van der Waals surface area (Å²) in [6, 6.07) is 0. The number of ether oxygens (including phenoxy) is 1. The zero-order chi connectivity index (χ0) is 14.9. The Morgan fingerprint density at radius 2 is 1.90 bits per heavy atom. The van der Waals surface area contributed by atoms with E-state index in [-0.39, 0.29) is 0 Å². The lowest BCUT2D eigenvalue weighted by Gasteiger charge is -2.19. The molecule has 1 aliphatic carbocycles. The summed E-state index contributed by atoms with van der Waals surface area (Å²) in [7, 11) is 0. The molecule has 0 spiro atoms. The van der Waals surface area contributed by atoms with Crippen LogP contribution in [0.1, 0.15) is 54.4 Å². The lowest BCUT2D eigenvalue weighted by Crippen LogP contribution is -2.27. The number of fused-ring (bicyclic) bond motifs is 1. The van der Waals surface area contributed by atoms with Crippen LogP contribution in [0.2, 0.25) is 0 Å². The Morgan fingerprint density at radius 1 is 1.25 bits per heavy atom. The molecule has 5 nitrogen and oxygen atoms in total. The molecule has 3 N–H and O–H groups in total. The molecule has 6 heteroatoms. The van der Waals surface area contributed by atoms with Crippen molar-refractivity contribution in [1.82, 2.24) is 0 Å². The van der Waals surface area contributed by atoms with E-state index in [9.17, 15) is 9.59 Å². The maximum Gasteiger partial charge on any atom is 0.412 e. The fourth-order valence-corrected chi connectivity index (χ4v) is 3.59. The van der Waals surface area contributed by atoms with E-state index in [1.807, 2.05) is 0 Å². The summed E-state index contributed by atoms with van der Waals surface area (Å²) >= 11 is 1.43. The Kier molecular flexibility index (Phi) is 4.04. The Balaban J connectivity index is 2.25. The number of nitrogens with two attached hydrogens (primary N) is 1. The number of rotatable bonds is 2. The molecule has 2 amide bonds. The first-order valence-electron chi connectivity index (χ1n) is 6.72. The van der Waals surface area contributed by atoms with Gasteiger partial charge in [0.25, 0.3) is 5.91 Å². The minimum Gasteiger partial charge on any atom is -0.444 e. The van der Waals surface area contributed by atoms with Gasteiger partial charge >= 0.3 is 6.09 Å². The van der Waals surface area contributed by atoms with Crippen LogP contribution in [0.5, 0.6) is 0 Å². The van der Waals surface area contributed by atoms with E-state index in [1.165, 1.54) is 11.3 Å². The molecule has 0 bridgehead atoms. The number of nitrogens with one attached hydrogen (secondary N) is 1. The van der Waals surface area contributed by atoms with E-state index in [2.05, 4.69) is 5.32 Å². The van der Waals surface area contributed by atoms with Crippen LogP contribution in [-0.4, -0.2) is 17.6 Å². The third-order valence-corrected chi connectivity index (χ3v) is 4.24. The number of carbonyl (C=O) groups is 2. The summed E-state index contributed by atoms with van der Waals surface area (Å²) in [5.74, 6) is -0.490. The average Bonchev–Trinajstić information content (AvgIpc) is 2.63. The SMILES string of the molecule is CC(C)(C)OC(=O)Nc1sc2c(c1C(N)=O)CCCC2. The predicted molar refractivity (Wildman–Crippen MR) is 79.3 cm³/mol. The molecule has 0 unspecified atom stereocenters. The summed E-state index contributed by atoms with van der Waals surface area (Å²) < 4.78 is 5.21. The standard InChI is InChI=1S/C14H20N2O3S/c1-14(2,3)19-13(18)16-12-10(11(15)17)8-6-4-5-7-9(8)20-12/h4-7H2,1-3H3,(H2,15,17)(H,16,18). The first kappa shape index (κ1) is 14.8. The highest BCUT2D eigenvalue weighted by atomic mass is 32.1. The van der Waals surface area contributed by atoms with Crippen molar-refractivity contribution < 1.29 is 14.3 Å².